The molecule has 3 heteroatoms. The van der Waals surface area contributed by atoms with Crippen molar-refractivity contribution in [1.29, 1.82) is 0 Å². The SMILES string of the molecule is CSCc1cc(CNCl)ccc1C. The number of rotatable bonds is 4. The minimum Gasteiger partial charge on any atom is -0.229 e. The van der Waals surface area contributed by atoms with Gasteiger partial charge in [-0.3, -0.25) is 0 Å². The largest absolute Gasteiger partial charge is 0.229 e. The Labute approximate surface area is 89.0 Å². The van der Waals surface area contributed by atoms with Crippen LogP contribution in [0.3, 0.4) is 0 Å². The molecule has 0 fully saturated rings. The highest BCUT2D eigenvalue weighted by atomic mass is 35.5. The first kappa shape index (κ1) is 10.9. The summed E-state index contributed by atoms with van der Waals surface area (Å²) in [5.74, 6) is 1.07. The molecule has 13 heavy (non-hydrogen) atoms. The number of halogens is 1. The van der Waals surface area contributed by atoms with Gasteiger partial charge in [0.25, 0.3) is 0 Å². The van der Waals surface area contributed by atoms with E-state index in [2.05, 4.69) is 36.2 Å². The first-order valence-electron chi connectivity index (χ1n) is 4.18. The first-order chi connectivity index (χ1) is 6.27. The van der Waals surface area contributed by atoms with E-state index in [9.17, 15) is 0 Å². The van der Waals surface area contributed by atoms with Gasteiger partial charge in [-0.1, -0.05) is 18.2 Å². The van der Waals surface area contributed by atoms with E-state index in [1.54, 1.807) is 0 Å². The fourth-order valence-corrected chi connectivity index (χ4v) is 2.00. The Morgan fingerprint density at radius 2 is 2.23 bits per heavy atom. The second-order valence-corrected chi connectivity index (χ2v) is 4.14. The maximum Gasteiger partial charge on any atom is 0.0359 e. The van der Waals surface area contributed by atoms with E-state index < -0.39 is 0 Å². The highest BCUT2D eigenvalue weighted by molar-refractivity contribution is 7.97. The van der Waals surface area contributed by atoms with Crippen LogP contribution in [0.2, 0.25) is 0 Å². The predicted octanol–water partition coefficient (Wildman–Crippen LogP) is 3.10. The molecule has 1 aromatic carbocycles. The summed E-state index contributed by atoms with van der Waals surface area (Å²) in [5, 5.41) is 0. The molecule has 1 rings (SSSR count). The number of benzene rings is 1. The van der Waals surface area contributed by atoms with Gasteiger partial charge < -0.3 is 0 Å². The van der Waals surface area contributed by atoms with E-state index in [4.69, 9.17) is 11.8 Å². The Morgan fingerprint density at radius 3 is 2.85 bits per heavy atom. The summed E-state index contributed by atoms with van der Waals surface area (Å²) in [4.78, 5) is 2.64. The lowest BCUT2D eigenvalue weighted by atomic mass is 10.1. The van der Waals surface area contributed by atoms with Crippen molar-refractivity contribution in [2.45, 2.75) is 19.2 Å². The van der Waals surface area contributed by atoms with Crippen molar-refractivity contribution in [3.05, 3.63) is 34.9 Å². The summed E-state index contributed by atoms with van der Waals surface area (Å²) in [6.45, 7) is 2.87. The second-order valence-electron chi connectivity index (χ2n) is 3.00. The van der Waals surface area contributed by atoms with Crippen LogP contribution < -0.4 is 4.84 Å². The lowest BCUT2D eigenvalue weighted by Crippen LogP contribution is -1.99. The van der Waals surface area contributed by atoms with Crippen LogP contribution >= 0.6 is 23.5 Å². The van der Waals surface area contributed by atoms with Crippen LogP contribution in [0.1, 0.15) is 16.7 Å². The maximum atomic E-state index is 5.45. The molecule has 0 radical (unpaired) electrons. The van der Waals surface area contributed by atoms with Gasteiger partial charge in [-0.2, -0.15) is 11.8 Å². The molecule has 1 nitrogen and oxygen atoms in total. The predicted molar refractivity (Wildman–Crippen MR) is 61.1 cm³/mol. The van der Waals surface area contributed by atoms with Gasteiger partial charge in [0.2, 0.25) is 0 Å². The molecule has 0 atom stereocenters. The van der Waals surface area contributed by atoms with Crippen molar-refractivity contribution >= 4 is 23.5 Å². The van der Waals surface area contributed by atoms with Gasteiger partial charge in [-0.05, 0) is 41.6 Å². The lowest BCUT2D eigenvalue weighted by Gasteiger charge is -2.06. The minimum atomic E-state index is 0.725. The van der Waals surface area contributed by atoms with Crippen molar-refractivity contribution in [3.8, 4) is 0 Å². The Balaban J connectivity index is 2.83. The Bertz CT molecular complexity index is 276. The molecule has 0 unspecified atom stereocenters. The number of thioether (sulfide) groups is 1. The quantitative estimate of drug-likeness (QED) is 0.775. The van der Waals surface area contributed by atoms with Crippen LogP contribution in [0.25, 0.3) is 0 Å². The van der Waals surface area contributed by atoms with Crippen molar-refractivity contribution < 1.29 is 0 Å². The molecule has 0 saturated carbocycles. The highest BCUT2D eigenvalue weighted by Crippen LogP contribution is 2.16. The third kappa shape index (κ3) is 3.22. The van der Waals surface area contributed by atoms with Gasteiger partial charge >= 0.3 is 0 Å². The topological polar surface area (TPSA) is 12.0 Å². The summed E-state index contributed by atoms with van der Waals surface area (Å²) in [6, 6.07) is 6.46. The average molecular weight is 216 g/mol. The summed E-state index contributed by atoms with van der Waals surface area (Å²) in [7, 11) is 0. The number of hydrogen-bond donors (Lipinski definition) is 1. The van der Waals surface area contributed by atoms with E-state index >= 15 is 0 Å². The number of hydrogen-bond acceptors (Lipinski definition) is 2. The summed E-state index contributed by atoms with van der Waals surface area (Å²) < 4.78 is 0. The molecule has 0 aromatic heterocycles. The Hall–Kier alpha value is -0.180. The van der Waals surface area contributed by atoms with Crippen molar-refractivity contribution in [2.24, 2.45) is 0 Å². The van der Waals surface area contributed by atoms with Gasteiger partial charge in [0, 0.05) is 12.3 Å². The van der Waals surface area contributed by atoms with E-state index in [0.29, 0.717) is 0 Å². The van der Waals surface area contributed by atoms with Gasteiger partial charge in [-0.25, -0.2) is 4.84 Å². The monoisotopic (exact) mass is 215 g/mol. The molecule has 0 aliphatic rings. The van der Waals surface area contributed by atoms with Crippen LogP contribution in [-0.2, 0) is 12.3 Å². The van der Waals surface area contributed by atoms with Crippen LogP contribution in [-0.4, -0.2) is 6.26 Å². The summed E-state index contributed by atoms with van der Waals surface area (Å²) in [5.41, 5.74) is 3.99. The van der Waals surface area contributed by atoms with Crippen molar-refractivity contribution in [3.63, 3.8) is 0 Å². The van der Waals surface area contributed by atoms with E-state index in [1.165, 1.54) is 16.7 Å². The van der Waals surface area contributed by atoms with Gasteiger partial charge in [-0.15, -0.1) is 0 Å². The van der Waals surface area contributed by atoms with E-state index in [-0.39, 0.29) is 0 Å². The molecular formula is C10H14ClNS. The molecule has 0 aliphatic heterocycles. The zero-order chi connectivity index (χ0) is 9.68. The maximum absolute atomic E-state index is 5.45. The zero-order valence-corrected chi connectivity index (χ0v) is 9.50. The summed E-state index contributed by atoms with van der Waals surface area (Å²) in [6.07, 6.45) is 2.12. The fourth-order valence-electron chi connectivity index (χ4n) is 1.22. The molecule has 0 saturated heterocycles. The Kier molecular flexibility index (Phi) is 4.64. The van der Waals surface area contributed by atoms with Crippen molar-refractivity contribution in [2.75, 3.05) is 6.26 Å². The molecule has 1 aromatic rings. The van der Waals surface area contributed by atoms with Gasteiger partial charge in [0.1, 0.15) is 0 Å². The molecule has 0 spiro atoms. The highest BCUT2D eigenvalue weighted by Gasteiger charge is 1.99. The van der Waals surface area contributed by atoms with Crippen LogP contribution in [0.4, 0.5) is 0 Å². The van der Waals surface area contributed by atoms with Crippen molar-refractivity contribution in [1.82, 2.24) is 4.84 Å². The van der Waals surface area contributed by atoms with Gasteiger partial charge in [0.05, 0.1) is 0 Å². The molecular weight excluding hydrogens is 202 g/mol. The minimum absolute atomic E-state index is 0.725. The molecule has 0 aliphatic carbocycles. The molecule has 72 valence electrons. The standard InChI is InChI=1S/C10H14ClNS/c1-8-3-4-9(6-12-11)5-10(8)7-13-2/h3-5,12H,6-7H2,1-2H3. The third-order valence-electron chi connectivity index (χ3n) is 1.98. The van der Waals surface area contributed by atoms with Crippen LogP contribution in [0.15, 0.2) is 18.2 Å². The first-order valence-corrected chi connectivity index (χ1v) is 5.96. The average Bonchev–Trinajstić information content (AvgIpc) is 2.12. The van der Waals surface area contributed by atoms with Crippen LogP contribution in [0.5, 0.6) is 0 Å². The number of aryl methyl sites for hydroxylation is 1. The molecule has 0 heterocycles. The molecule has 1 N–H and O–H groups in total. The number of nitrogens with one attached hydrogen (secondary N) is 1. The lowest BCUT2D eigenvalue weighted by molar-refractivity contribution is 0.959. The normalized spacial score (nSPS) is 10.4. The Morgan fingerprint density at radius 1 is 1.46 bits per heavy atom. The molecule has 0 bridgehead atoms. The smallest absolute Gasteiger partial charge is 0.0359 e. The summed E-state index contributed by atoms with van der Waals surface area (Å²) >= 11 is 7.29. The zero-order valence-electron chi connectivity index (χ0n) is 7.93. The molecule has 0 amide bonds. The van der Waals surface area contributed by atoms with E-state index in [0.717, 1.165) is 12.3 Å². The third-order valence-corrected chi connectivity index (χ3v) is 2.72. The van der Waals surface area contributed by atoms with Crippen LogP contribution in [0, 0.1) is 6.92 Å². The second kappa shape index (κ2) is 5.53. The fraction of sp³-hybridized carbons (Fsp3) is 0.400. The van der Waals surface area contributed by atoms with E-state index in [1.807, 2.05) is 11.8 Å². The van der Waals surface area contributed by atoms with Gasteiger partial charge in [0.15, 0.2) is 0 Å².